The lowest BCUT2D eigenvalue weighted by Crippen LogP contribution is -2.33. The van der Waals surface area contributed by atoms with Gasteiger partial charge in [0.15, 0.2) is 0 Å². The highest BCUT2D eigenvalue weighted by atomic mass is 16.1. The fourth-order valence-corrected chi connectivity index (χ4v) is 2.32. The Labute approximate surface area is 128 Å². The van der Waals surface area contributed by atoms with Gasteiger partial charge in [0, 0.05) is 31.0 Å². The van der Waals surface area contributed by atoms with Crippen LogP contribution in [0.2, 0.25) is 0 Å². The maximum atomic E-state index is 11.8. The minimum Gasteiger partial charge on any atom is -0.381 e. The smallest absolute Gasteiger partial charge is 0.269 e. The predicted octanol–water partition coefficient (Wildman–Crippen LogP) is 2.22. The maximum absolute atomic E-state index is 11.8. The van der Waals surface area contributed by atoms with Gasteiger partial charge in [-0.3, -0.25) is 9.78 Å². The van der Waals surface area contributed by atoms with Crippen molar-refractivity contribution in [2.24, 2.45) is 5.92 Å². The van der Waals surface area contributed by atoms with E-state index < -0.39 is 0 Å². The molecule has 0 bridgehead atoms. The molecule has 1 rings (SSSR count). The zero-order valence-electron chi connectivity index (χ0n) is 13.8. The Hall–Kier alpha value is -1.62. The van der Waals surface area contributed by atoms with E-state index >= 15 is 0 Å². The molecule has 2 N–H and O–H groups in total. The van der Waals surface area contributed by atoms with E-state index in [-0.39, 0.29) is 5.91 Å². The molecule has 0 saturated heterocycles. The molecule has 0 spiro atoms. The number of anilines is 1. The first-order valence-electron chi connectivity index (χ1n) is 7.57. The Morgan fingerprint density at radius 2 is 2.10 bits per heavy atom. The van der Waals surface area contributed by atoms with E-state index in [1.807, 2.05) is 19.1 Å². The summed E-state index contributed by atoms with van der Waals surface area (Å²) in [7, 11) is 4.14. The van der Waals surface area contributed by atoms with E-state index in [9.17, 15) is 4.79 Å². The monoisotopic (exact) mass is 292 g/mol. The number of pyridine rings is 1. The molecule has 0 saturated carbocycles. The summed E-state index contributed by atoms with van der Waals surface area (Å²) in [6, 6.07) is 4.07. The zero-order chi connectivity index (χ0) is 15.8. The summed E-state index contributed by atoms with van der Waals surface area (Å²) in [5, 5.41) is 6.29. The van der Waals surface area contributed by atoms with Crippen LogP contribution < -0.4 is 10.6 Å². The molecule has 5 heteroatoms. The summed E-state index contributed by atoms with van der Waals surface area (Å²) in [6.07, 6.45) is 2.76. The molecule has 118 valence electrons. The van der Waals surface area contributed by atoms with Gasteiger partial charge < -0.3 is 15.5 Å². The van der Waals surface area contributed by atoms with Crippen molar-refractivity contribution in [2.45, 2.75) is 33.2 Å². The van der Waals surface area contributed by atoms with Crippen LogP contribution in [0.5, 0.6) is 0 Å². The average Bonchev–Trinajstić information content (AvgIpc) is 2.37. The second-order valence-corrected chi connectivity index (χ2v) is 6.02. The molecule has 21 heavy (non-hydrogen) atoms. The maximum Gasteiger partial charge on any atom is 0.269 e. The summed E-state index contributed by atoms with van der Waals surface area (Å²) in [5.41, 5.74) is 1.40. The highest BCUT2D eigenvalue weighted by Gasteiger charge is 2.13. The summed E-state index contributed by atoms with van der Waals surface area (Å²) < 4.78 is 0. The Kier molecular flexibility index (Phi) is 7.15. The van der Waals surface area contributed by atoms with Crippen LogP contribution >= 0.6 is 0 Å². The van der Waals surface area contributed by atoms with E-state index in [2.05, 4.69) is 48.5 Å². The predicted molar refractivity (Wildman–Crippen MR) is 87.7 cm³/mol. The molecule has 0 aliphatic rings. The van der Waals surface area contributed by atoms with Crippen molar-refractivity contribution >= 4 is 11.6 Å². The van der Waals surface area contributed by atoms with Gasteiger partial charge in [0.05, 0.1) is 0 Å². The van der Waals surface area contributed by atoms with Crippen LogP contribution in [0.1, 0.15) is 37.7 Å². The Morgan fingerprint density at radius 3 is 2.67 bits per heavy atom. The third-order valence-electron chi connectivity index (χ3n) is 3.04. The lowest BCUT2D eigenvalue weighted by atomic mass is 10.0. The Morgan fingerprint density at radius 1 is 1.38 bits per heavy atom. The van der Waals surface area contributed by atoms with E-state index in [0.29, 0.717) is 24.2 Å². The SMILES string of the molecule is CCNC(=O)c1cc(NC(CC(C)C)CN(C)C)ccn1. The van der Waals surface area contributed by atoms with E-state index in [1.54, 1.807) is 6.20 Å². The lowest BCUT2D eigenvalue weighted by molar-refractivity contribution is 0.0951. The molecule has 0 aliphatic heterocycles. The van der Waals surface area contributed by atoms with E-state index in [0.717, 1.165) is 18.7 Å². The fraction of sp³-hybridized carbons (Fsp3) is 0.625. The van der Waals surface area contributed by atoms with Crippen LogP contribution in [0.3, 0.4) is 0 Å². The van der Waals surface area contributed by atoms with Crippen molar-refractivity contribution in [3.8, 4) is 0 Å². The number of carbonyl (C=O) groups is 1. The van der Waals surface area contributed by atoms with Crippen molar-refractivity contribution in [1.29, 1.82) is 0 Å². The molecule has 1 amide bonds. The van der Waals surface area contributed by atoms with Crippen molar-refractivity contribution in [1.82, 2.24) is 15.2 Å². The molecule has 1 unspecified atom stereocenters. The second kappa shape index (κ2) is 8.62. The first-order valence-corrected chi connectivity index (χ1v) is 7.57. The Bertz CT molecular complexity index is 436. The molecule has 1 aromatic heterocycles. The lowest BCUT2D eigenvalue weighted by Gasteiger charge is -2.25. The number of hydrogen-bond acceptors (Lipinski definition) is 4. The largest absolute Gasteiger partial charge is 0.381 e. The van der Waals surface area contributed by atoms with E-state index in [1.165, 1.54) is 0 Å². The molecule has 0 aliphatic carbocycles. The van der Waals surface area contributed by atoms with Crippen LogP contribution in [0.25, 0.3) is 0 Å². The molecule has 5 nitrogen and oxygen atoms in total. The third-order valence-corrected chi connectivity index (χ3v) is 3.04. The molecule has 0 aromatic carbocycles. The van der Waals surface area contributed by atoms with Gasteiger partial charge in [-0.25, -0.2) is 0 Å². The summed E-state index contributed by atoms with van der Waals surface area (Å²) in [5.74, 6) is 0.487. The number of hydrogen-bond donors (Lipinski definition) is 2. The van der Waals surface area contributed by atoms with Crippen molar-refractivity contribution in [2.75, 3.05) is 32.5 Å². The van der Waals surface area contributed by atoms with Crippen molar-refractivity contribution < 1.29 is 4.79 Å². The van der Waals surface area contributed by atoms with Gasteiger partial charge >= 0.3 is 0 Å². The molecular weight excluding hydrogens is 264 g/mol. The highest BCUT2D eigenvalue weighted by Crippen LogP contribution is 2.14. The summed E-state index contributed by atoms with van der Waals surface area (Å²) in [6.45, 7) is 7.90. The normalized spacial score (nSPS) is 12.5. The molecule has 1 atom stereocenters. The second-order valence-electron chi connectivity index (χ2n) is 6.02. The minimum atomic E-state index is -0.130. The summed E-state index contributed by atoms with van der Waals surface area (Å²) >= 11 is 0. The number of carbonyl (C=O) groups excluding carboxylic acids is 1. The average molecular weight is 292 g/mol. The van der Waals surface area contributed by atoms with Gasteiger partial charge in [-0.15, -0.1) is 0 Å². The number of aromatic nitrogens is 1. The number of nitrogens with one attached hydrogen (secondary N) is 2. The first kappa shape index (κ1) is 17.4. The number of rotatable bonds is 8. The fourth-order valence-electron chi connectivity index (χ4n) is 2.32. The highest BCUT2D eigenvalue weighted by molar-refractivity contribution is 5.93. The van der Waals surface area contributed by atoms with Crippen molar-refractivity contribution in [3.63, 3.8) is 0 Å². The van der Waals surface area contributed by atoms with Crippen LogP contribution in [0.4, 0.5) is 5.69 Å². The third kappa shape index (κ3) is 6.58. The zero-order valence-corrected chi connectivity index (χ0v) is 13.8. The van der Waals surface area contributed by atoms with Gasteiger partial charge in [0.2, 0.25) is 0 Å². The van der Waals surface area contributed by atoms with Gasteiger partial charge in [-0.2, -0.15) is 0 Å². The Balaban J connectivity index is 2.78. The minimum absolute atomic E-state index is 0.130. The van der Waals surface area contributed by atoms with Gasteiger partial charge in [-0.1, -0.05) is 13.8 Å². The number of likely N-dealkylation sites (N-methyl/N-ethyl adjacent to an activating group) is 1. The van der Waals surface area contributed by atoms with E-state index in [4.69, 9.17) is 0 Å². The summed E-state index contributed by atoms with van der Waals surface area (Å²) in [4.78, 5) is 18.1. The van der Waals surface area contributed by atoms with Gasteiger partial charge in [0.1, 0.15) is 5.69 Å². The number of amides is 1. The van der Waals surface area contributed by atoms with Crippen LogP contribution in [0, 0.1) is 5.92 Å². The topological polar surface area (TPSA) is 57.3 Å². The van der Waals surface area contributed by atoms with Crippen LogP contribution in [-0.2, 0) is 0 Å². The molecule has 1 aromatic rings. The standard InChI is InChI=1S/C16H28N4O/c1-6-17-16(21)15-10-13(7-8-18-15)19-14(9-12(2)3)11-20(4)5/h7-8,10,12,14H,6,9,11H2,1-5H3,(H,17,21)(H,18,19). The molecule has 0 fully saturated rings. The quantitative estimate of drug-likeness (QED) is 0.771. The van der Waals surface area contributed by atoms with Crippen LogP contribution in [0.15, 0.2) is 18.3 Å². The molecule has 1 heterocycles. The molecule has 0 radical (unpaired) electrons. The van der Waals surface area contributed by atoms with Crippen molar-refractivity contribution in [3.05, 3.63) is 24.0 Å². The number of nitrogens with zero attached hydrogens (tertiary/aromatic N) is 2. The molecular formula is C16H28N4O. The van der Waals surface area contributed by atoms with Gasteiger partial charge in [-0.05, 0) is 45.5 Å². The van der Waals surface area contributed by atoms with Crippen LogP contribution in [-0.4, -0.2) is 49.0 Å². The van der Waals surface area contributed by atoms with Gasteiger partial charge in [0.25, 0.3) is 5.91 Å². The first-order chi connectivity index (χ1) is 9.92.